The van der Waals surface area contributed by atoms with Crippen molar-refractivity contribution in [1.82, 2.24) is 5.32 Å². The third kappa shape index (κ3) is 5.95. The van der Waals surface area contributed by atoms with E-state index in [0.29, 0.717) is 18.6 Å². The molecule has 0 aromatic heterocycles. The van der Waals surface area contributed by atoms with Crippen molar-refractivity contribution >= 4 is 5.97 Å². The fourth-order valence-corrected chi connectivity index (χ4v) is 2.96. The molecule has 124 valence electrons. The van der Waals surface area contributed by atoms with Gasteiger partial charge in [0, 0.05) is 6.61 Å². The number of ether oxygens (including phenoxy) is 2. The highest BCUT2D eigenvalue weighted by molar-refractivity contribution is 5.80. The number of likely N-dealkylation sites (N-methyl/N-ethyl adjacent to an activating group) is 1. The van der Waals surface area contributed by atoms with Crippen LogP contribution in [0.2, 0.25) is 0 Å². The van der Waals surface area contributed by atoms with E-state index in [9.17, 15) is 4.79 Å². The molecule has 4 heteroatoms. The average Bonchev–Trinajstić information content (AvgIpc) is 2.48. The Morgan fingerprint density at radius 2 is 2.00 bits per heavy atom. The number of esters is 1. The molecule has 1 aliphatic rings. The van der Waals surface area contributed by atoms with E-state index in [-0.39, 0.29) is 5.97 Å². The first-order valence-electron chi connectivity index (χ1n) is 8.51. The standard InChI is InChI=1S/C17H33NO3/c1-5-20-16(19)17(3,18-4)12-8-9-13-21-15-11-7-6-10-14(15)2/h14-15,18H,5-13H2,1-4H3. The molecule has 0 saturated heterocycles. The monoisotopic (exact) mass is 299 g/mol. The van der Waals surface area contributed by atoms with Gasteiger partial charge in [-0.15, -0.1) is 0 Å². The van der Waals surface area contributed by atoms with Crippen molar-refractivity contribution in [3.8, 4) is 0 Å². The molecule has 1 N–H and O–H groups in total. The fourth-order valence-electron chi connectivity index (χ4n) is 2.96. The van der Waals surface area contributed by atoms with Gasteiger partial charge in [0.25, 0.3) is 0 Å². The fraction of sp³-hybridized carbons (Fsp3) is 0.941. The van der Waals surface area contributed by atoms with E-state index in [1.807, 2.05) is 20.9 Å². The van der Waals surface area contributed by atoms with Crippen LogP contribution in [0.3, 0.4) is 0 Å². The number of carbonyl (C=O) groups is 1. The van der Waals surface area contributed by atoms with E-state index in [0.717, 1.165) is 25.9 Å². The smallest absolute Gasteiger partial charge is 0.326 e. The molecule has 21 heavy (non-hydrogen) atoms. The summed E-state index contributed by atoms with van der Waals surface area (Å²) in [7, 11) is 1.82. The number of hydrogen-bond donors (Lipinski definition) is 1. The van der Waals surface area contributed by atoms with Crippen molar-refractivity contribution in [1.29, 1.82) is 0 Å². The molecule has 4 nitrogen and oxygen atoms in total. The average molecular weight is 299 g/mol. The van der Waals surface area contributed by atoms with Crippen molar-refractivity contribution in [3.63, 3.8) is 0 Å². The van der Waals surface area contributed by atoms with Gasteiger partial charge in [0.2, 0.25) is 0 Å². The van der Waals surface area contributed by atoms with Gasteiger partial charge in [-0.1, -0.05) is 19.8 Å². The Kier molecular flexibility index (Phi) is 8.27. The lowest BCUT2D eigenvalue weighted by Crippen LogP contribution is -2.48. The summed E-state index contributed by atoms with van der Waals surface area (Å²) >= 11 is 0. The van der Waals surface area contributed by atoms with E-state index in [1.165, 1.54) is 25.7 Å². The third-order valence-corrected chi connectivity index (χ3v) is 4.71. The first-order valence-corrected chi connectivity index (χ1v) is 8.51. The highest BCUT2D eigenvalue weighted by atomic mass is 16.5. The van der Waals surface area contributed by atoms with E-state index in [2.05, 4.69) is 12.2 Å². The summed E-state index contributed by atoms with van der Waals surface area (Å²) in [5, 5.41) is 3.10. The molecule has 3 atom stereocenters. The number of hydrogen-bond acceptors (Lipinski definition) is 4. The van der Waals surface area contributed by atoms with Gasteiger partial charge in [0.1, 0.15) is 5.54 Å². The summed E-state index contributed by atoms with van der Waals surface area (Å²) in [5.41, 5.74) is -0.575. The van der Waals surface area contributed by atoms with Gasteiger partial charge in [0.15, 0.2) is 0 Å². The van der Waals surface area contributed by atoms with Gasteiger partial charge < -0.3 is 14.8 Å². The van der Waals surface area contributed by atoms with Gasteiger partial charge >= 0.3 is 5.97 Å². The van der Waals surface area contributed by atoms with Gasteiger partial charge in [-0.25, -0.2) is 0 Å². The lowest BCUT2D eigenvalue weighted by atomic mass is 9.88. The van der Waals surface area contributed by atoms with Crippen LogP contribution in [-0.4, -0.2) is 37.9 Å². The second-order valence-corrected chi connectivity index (χ2v) is 6.43. The van der Waals surface area contributed by atoms with E-state index in [1.54, 1.807) is 0 Å². The van der Waals surface area contributed by atoms with Crippen LogP contribution in [0.5, 0.6) is 0 Å². The number of rotatable bonds is 9. The summed E-state index contributed by atoms with van der Waals surface area (Å²) in [6, 6.07) is 0. The molecule has 0 bridgehead atoms. The van der Waals surface area contributed by atoms with Crippen LogP contribution in [0.15, 0.2) is 0 Å². The van der Waals surface area contributed by atoms with Crippen LogP contribution >= 0.6 is 0 Å². The van der Waals surface area contributed by atoms with E-state index < -0.39 is 5.54 Å². The van der Waals surface area contributed by atoms with Crippen LogP contribution in [0.1, 0.15) is 65.7 Å². The lowest BCUT2D eigenvalue weighted by Gasteiger charge is -2.29. The molecule has 0 aromatic carbocycles. The van der Waals surface area contributed by atoms with Crippen molar-refractivity contribution in [2.45, 2.75) is 77.4 Å². The Labute approximate surface area is 130 Å². The first-order chi connectivity index (χ1) is 10.0. The maximum Gasteiger partial charge on any atom is 0.326 e. The maximum atomic E-state index is 11.9. The van der Waals surface area contributed by atoms with Gasteiger partial charge in [0.05, 0.1) is 12.7 Å². The van der Waals surface area contributed by atoms with Crippen molar-refractivity contribution < 1.29 is 14.3 Å². The summed E-state index contributed by atoms with van der Waals surface area (Å²) in [4.78, 5) is 11.9. The van der Waals surface area contributed by atoms with E-state index in [4.69, 9.17) is 9.47 Å². The zero-order chi connectivity index (χ0) is 15.7. The molecule has 1 fully saturated rings. The summed E-state index contributed by atoms with van der Waals surface area (Å²) in [6.45, 7) is 7.28. The number of unbranched alkanes of at least 4 members (excludes halogenated alkanes) is 1. The summed E-state index contributed by atoms with van der Waals surface area (Å²) in [5.74, 6) is 0.537. The predicted octanol–water partition coefficient (Wildman–Crippen LogP) is 3.29. The number of carbonyl (C=O) groups excluding carboxylic acids is 1. The minimum atomic E-state index is -0.575. The Morgan fingerprint density at radius 3 is 2.62 bits per heavy atom. The quantitative estimate of drug-likeness (QED) is 0.524. The van der Waals surface area contributed by atoms with Crippen molar-refractivity contribution in [2.24, 2.45) is 5.92 Å². The van der Waals surface area contributed by atoms with Crippen molar-refractivity contribution in [2.75, 3.05) is 20.3 Å². The Balaban J connectivity index is 2.21. The van der Waals surface area contributed by atoms with E-state index >= 15 is 0 Å². The molecular formula is C17H33NO3. The Bertz CT molecular complexity index is 308. The van der Waals surface area contributed by atoms with Crippen LogP contribution in [-0.2, 0) is 14.3 Å². The number of nitrogens with one attached hydrogen (secondary N) is 1. The molecule has 0 heterocycles. The lowest BCUT2D eigenvalue weighted by molar-refractivity contribution is -0.150. The van der Waals surface area contributed by atoms with Gasteiger partial charge in [-0.05, 0) is 58.9 Å². The van der Waals surface area contributed by atoms with Gasteiger partial charge in [-0.3, -0.25) is 4.79 Å². The third-order valence-electron chi connectivity index (χ3n) is 4.71. The predicted molar refractivity (Wildman–Crippen MR) is 85.3 cm³/mol. The SMILES string of the molecule is CCOC(=O)C(C)(CCCCOC1CCCCC1C)NC. The zero-order valence-corrected chi connectivity index (χ0v) is 14.2. The minimum absolute atomic E-state index is 0.158. The van der Waals surface area contributed by atoms with Crippen LogP contribution in [0, 0.1) is 5.92 Å². The molecule has 3 unspecified atom stereocenters. The second kappa shape index (κ2) is 9.42. The summed E-state index contributed by atoms with van der Waals surface area (Å²) in [6.07, 6.45) is 8.35. The molecule has 1 aliphatic carbocycles. The van der Waals surface area contributed by atoms with Crippen molar-refractivity contribution in [3.05, 3.63) is 0 Å². The maximum absolute atomic E-state index is 11.9. The molecule has 0 aromatic rings. The van der Waals surface area contributed by atoms with Crippen LogP contribution in [0.25, 0.3) is 0 Å². The minimum Gasteiger partial charge on any atom is -0.465 e. The zero-order valence-electron chi connectivity index (χ0n) is 14.2. The molecule has 0 aliphatic heterocycles. The topological polar surface area (TPSA) is 47.6 Å². The first kappa shape index (κ1) is 18.4. The molecule has 1 rings (SSSR count). The molecule has 0 amide bonds. The highest BCUT2D eigenvalue weighted by Crippen LogP contribution is 2.26. The molecule has 1 saturated carbocycles. The Hall–Kier alpha value is -0.610. The van der Waals surface area contributed by atoms with Crippen LogP contribution in [0.4, 0.5) is 0 Å². The van der Waals surface area contributed by atoms with Crippen LogP contribution < -0.4 is 5.32 Å². The largest absolute Gasteiger partial charge is 0.465 e. The summed E-state index contributed by atoms with van der Waals surface area (Å²) < 4.78 is 11.1. The highest BCUT2D eigenvalue weighted by Gasteiger charge is 2.32. The molecule has 0 radical (unpaired) electrons. The van der Waals surface area contributed by atoms with Gasteiger partial charge in [-0.2, -0.15) is 0 Å². The normalized spacial score (nSPS) is 25.3. The Morgan fingerprint density at radius 1 is 1.29 bits per heavy atom. The molecule has 0 spiro atoms. The second-order valence-electron chi connectivity index (χ2n) is 6.43. The molecular weight excluding hydrogens is 266 g/mol.